The molecule has 3 N–H and O–H groups in total. The Labute approximate surface area is 125 Å². The molecule has 0 aliphatic carbocycles. The van der Waals surface area contributed by atoms with Crippen LogP contribution in [-0.2, 0) is 16.0 Å². The van der Waals surface area contributed by atoms with Crippen LogP contribution in [0.2, 0.25) is 0 Å². The molecule has 2 rings (SSSR count). The molecule has 1 aromatic carbocycles. The van der Waals surface area contributed by atoms with Gasteiger partial charge in [-0.3, -0.25) is 4.79 Å². The van der Waals surface area contributed by atoms with E-state index in [1.807, 2.05) is 30.5 Å². The van der Waals surface area contributed by atoms with Gasteiger partial charge in [0.15, 0.2) is 0 Å². The zero-order chi connectivity index (χ0) is 15.1. The third-order valence-electron chi connectivity index (χ3n) is 3.66. The normalized spacial score (nSPS) is 12.5. The molecule has 1 atom stereocenters. The highest BCUT2D eigenvalue weighted by Crippen LogP contribution is 2.18. The van der Waals surface area contributed by atoms with Gasteiger partial charge < -0.3 is 15.5 Å². The summed E-state index contributed by atoms with van der Waals surface area (Å²) < 4.78 is 5.24. The number of ether oxygens (including phenoxy) is 1. The fourth-order valence-electron chi connectivity index (χ4n) is 2.43. The van der Waals surface area contributed by atoms with Crippen molar-refractivity contribution in [2.45, 2.75) is 45.1 Å². The number of carbonyl (C=O) groups is 1. The van der Waals surface area contributed by atoms with Crippen LogP contribution in [0.3, 0.4) is 0 Å². The minimum atomic E-state index is -0.601. The van der Waals surface area contributed by atoms with Gasteiger partial charge in [0.2, 0.25) is 0 Å². The van der Waals surface area contributed by atoms with E-state index >= 15 is 0 Å². The Balaban J connectivity index is 1.83. The van der Waals surface area contributed by atoms with Gasteiger partial charge in [-0.15, -0.1) is 0 Å². The van der Waals surface area contributed by atoms with E-state index in [0.29, 0.717) is 13.0 Å². The molecule has 0 spiro atoms. The average Bonchev–Trinajstić information content (AvgIpc) is 2.90. The van der Waals surface area contributed by atoms with Crippen molar-refractivity contribution in [1.82, 2.24) is 4.98 Å². The predicted molar refractivity (Wildman–Crippen MR) is 85.1 cm³/mol. The lowest BCUT2D eigenvalue weighted by molar-refractivity contribution is -0.145. The standard InChI is InChI=1S/C17H24N2O2/c1-2-3-4-7-10-21-17(20)15(18)11-13-12-19-16-9-6-5-8-14(13)16/h5-6,8-9,12,15,19H,2-4,7,10-11,18H2,1H3. The maximum Gasteiger partial charge on any atom is 0.323 e. The summed E-state index contributed by atoms with van der Waals surface area (Å²) in [6.07, 6.45) is 6.78. The van der Waals surface area contributed by atoms with Gasteiger partial charge in [0.25, 0.3) is 0 Å². The van der Waals surface area contributed by atoms with Crippen LogP contribution in [0.15, 0.2) is 30.5 Å². The Kier molecular flexibility index (Phi) is 5.81. The SMILES string of the molecule is CCCCCCOC(=O)C(N)Cc1c[nH]c2ccccc12. The van der Waals surface area contributed by atoms with Crippen LogP contribution < -0.4 is 5.73 Å². The fourth-order valence-corrected chi connectivity index (χ4v) is 2.43. The average molecular weight is 288 g/mol. The van der Waals surface area contributed by atoms with Gasteiger partial charge in [0, 0.05) is 23.5 Å². The second-order valence-electron chi connectivity index (χ2n) is 5.40. The van der Waals surface area contributed by atoms with Crippen LogP contribution in [0.25, 0.3) is 10.9 Å². The summed E-state index contributed by atoms with van der Waals surface area (Å²) in [7, 11) is 0. The van der Waals surface area contributed by atoms with Gasteiger partial charge in [-0.25, -0.2) is 0 Å². The van der Waals surface area contributed by atoms with Gasteiger partial charge in [-0.2, -0.15) is 0 Å². The highest BCUT2D eigenvalue weighted by molar-refractivity contribution is 5.84. The van der Waals surface area contributed by atoms with E-state index in [9.17, 15) is 4.79 Å². The van der Waals surface area contributed by atoms with Crippen molar-refractivity contribution in [2.24, 2.45) is 5.73 Å². The number of aromatic amines is 1. The van der Waals surface area contributed by atoms with Crippen molar-refractivity contribution < 1.29 is 9.53 Å². The van der Waals surface area contributed by atoms with E-state index in [2.05, 4.69) is 11.9 Å². The van der Waals surface area contributed by atoms with Crippen molar-refractivity contribution >= 4 is 16.9 Å². The van der Waals surface area contributed by atoms with Crippen LogP contribution in [-0.4, -0.2) is 23.6 Å². The lowest BCUT2D eigenvalue weighted by atomic mass is 10.1. The summed E-state index contributed by atoms with van der Waals surface area (Å²) in [6.45, 7) is 2.63. The molecule has 0 aliphatic heterocycles. The van der Waals surface area contributed by atoms with E-state index in [-0.39, 0.29) is 5.97 Å². The van der Waals surface area contributed by atoms with Gasteiger partial charge >= 0.3 is 5.97 Å². The summed E-state index contributed by atoms with van der Waals surface area (Å²) in [5.74, 6) is -0.309. The topological polar surface area (TPSA) is 68.1 Å². The summed E-state index contributed by atoms with van der Waals surface area (Å²) in [5.41, 5.74) is 8.07. The Bertz CT molecular complexity index is 577. The van der Waals surface area contributed by atoms with Crippen LogP contribution >= 0.6 is 0 Å². The van der Waals surface area contributed by atoms with Crippen molar-refractivity contribution in [3.8, 4) is 0 Å². The molecule has 0 amide bonds. The Morgan fingerprint density at radius 3 is 2.90 bits per heavy atom. The number of fused-ring (bicyclic) bond motifs is 1. The molecule has 4 heteroatoms. The van der Waals surface area contributed by atoms with Gasteiger partial charge in [-0.05, 0) is 18.1 Å². The number of benzene rings is 1. The number of nitrogens with two attached hydrogens (primary N) is 1. The molecule has 0 fully saturated rings. The van der Waals surface area contributed by atoms with E-state index in [0.717, 1.165) is 29.3 Å². The van der Waals surface area contributed by atoms with E-state index in [1.165, 1.54) is 12.8 Å². The summed E-state index contributed by atoms with van der Waals surface area (Å²) >= 11 is 0. The van der Waals surface area contributed by atoms with Crippen molar-refractivity contribution in [3.05, 3.63) is 36.0 Å². The molecule has 1 heterocycles. The monoisotopic (exact) mass is 288 g/mol. The maximum absolute atomic E-state index is 11.9. The third kappa shape index (κ3) is 4.33. The molecular weight excluding hydrogens is 264 g/mol. The van der Waals surface area contributed by atoms with E-state index < -0.39 is 6.04 Å². The number of hydrogen-bond donors (Lipinski definition) is 2. The molecule has 0 aliphatic rings. The first kappa shape index (κ1) is 15.6. The number of aromatic nitrogens is 1. The number of rotatable bonds is 8. The van der Waals surface area contributed by atoms with E-state index in [4.69, 9.17) is 10.5 Å². The smallest absolute Gasteiger partial charge is 0.323 e. The first-order chi connectivity index (χ1) is 10.2. The summed E-state index contributed by atoms with van der Waals surface area (Å²) in [6, 6.07) is 7.40. The van der Waals surface area contributed by atoms with Crippen LogP contribution in [0, 0.1) is 0 Å². The van der Waals surface area contributed by atoms with Crippen LogP contribution in [0.5, 0.6) is 0 Å². The second kappa shape index (κ2) is 7.84. The van der Waals surface area contributed by atoms with Crippen molar-refractivity contribution in [1.29, 1.82) is 0 Å². The second-order valence-corrected chi connectivity index (χ2v) is 5.40. The van der Waals surface area contributed by atoms with E-state index in [1.54, 1.807) is 0 Å². The maximum atomic E-state index is 11.9. The molecule has 1 aromatic heterocycles. The van der Waals surface area contributed by atoms with Gasteiger partial charge in [0.05, 0.1) is 6.61 Å². The summed E-state index contributed by atoms with van der Waals surface area (Å²) in [5, 5.41) is 1.11. The molecule has 2 aromatic rings. The Hall–Kier alpha value is -1.81. The number of unbranched alkanes of at least 4 members (excludes halogenated alkanes) is 3. The zero-order valence-electron chi connectivity index (χ0n) is 12.6. The number of hydrogen-bond acceptors (Lipinski definition) is 3. The van der Waals surface area contributed by atoms with Gasteiger partial charge in [-0.1, -0.05) is 44.4 Å². The zero-order valence-corrected chi connectivity index (χ0v) is 12.6. The minimum Gasteiger partial charge on any atom is -0.465 e. The number of carbonyl (C=O) groups excluding carboxylic acids is 1. The molecule has 4 nitrogen and oxygen atoms in total. The lowest BCUT2D eigenvalue weighted by Crippen LogP contribution is -2.34. The quantitative estimate of drug-likeness (QED) is 0.579. The molecule has 0 bridgehead atoms. The molecule has 1 unspecified atom stereocenters. The molecular formula is C17H24N2O2. The number of esters is 1. The predicted octanol–water partition coefficient (Wildman–Crippen LogP) is 3.16. The Morgan fingerprint density at radius 1 is 1.29 bits per heavy atom. The Morgan fingerprint density at radius 2 is 2.10 bits per heavy atom. The van der Waals surface area contributed by atoms with Crippen molar-refractivity contribution in [3.63, 3.8) is 0 Å². The largest absolute Gasteiger partial charge is 0.465 e. The van der Waals surface area contributed by atoms with Gasteiger partial charge in [0.1, 0.15) is 6.04 Å². The molecule has 21 heavy (non-hydrogen) atoms. The highest BCUT2D eigenvalue weighted by atomic mass is 16.5. The van der Waals surface area contributed by atoms with Crippen LogP contribution in [0.1, 0.15) is 38.2 Å². The molecule has 114 valence electrons. The first-order valence-corrected chi connectivity index (χ1v) is 7.69. The minimum absolute atomic E-state index is 0.309. The summed E-state index contributed by atoms with van der Waals surface area (Å²) in [4.78, 5) is 15.1. The van der Waals surface area contributed by atoms with Crippen LogP contribution in [0.4, 0.5) is 0 Å². The van der Waals surface area contributed by atoms with Crippen molar-refractivity contribution in [2.75, 3.05) is 6.61 Å². The lowest BCUT2D eigenvalue weighted by Gasteiger charge is -2.11. The number of H-pyrrole nitrogens is 1. The first-order valence-electron chi connectivity index (χ1n) is 7.69. The molecule has 0 saturated carbocycles. The fraction of sp³-hybridized carbons (Fsp3) is 0.471. The molecule has 0 saturated heterocycles. The molecule has 0 radical (unpaired) electrons. The third-order valence-corrected chi connectivity index (χ3v) is 3.66. The highest BCUT2D eigenvalue weighted by Gasteiger charge is 2.17. The number of para-hydroxylation sites is 1. The number of nitrogens with one attached hydrogen (secondary N) is 1.